The maximum Gasteiger partial charge on any atom is 0.246 e. The molecule has 1 amide bonds. The number of aryl methyl sites for hydroxylation is 2. The van der Waals surface area contributed by atoms with Crippen LogP contribution in [-0.2, 0) is 11.3 Å². The molecule has 1 fully saturated rings. The molecule has 0 N–H and O–H groups in total. The smallest absolute Gasteiger partial charge is 0.246 e. The van der Waals surface area contributed by atoms with Gasteiger partial charge in [0, 0.05) is 42.4 Å². The fourth-order valence-corrected chi connectivity index (χ4v) is 4.44. The van der Waals surface area contributed by atoms with Crippen molar-refractivity contribution >= 4 is 12.0 Å². The molecule has 0 aliphatic carbocycles. The van der Waals surface area contributed by atoms with Crippen molar-refractivity contribution in [3.63, 3.8) is 0 Å². The summed E-state index contributed by atoms with van der Waals surface area (Å²) in [5, 5.41) is 8.75. The predicted octanol–water partition coefficient (Wildman–Crippen LogP) is 5.02. The molecule has 2 aromatic heterocycles. The maximum atomic E-state index is 13.0. The minimum atomic E-state index is 0.0100. The van der Waals surface area contributed by atoms with Crippen LogP contribution in [0.25, 0.3) is 17.3 Å². The first-order chi connectivity index (χ1) is 17.0. The number of aromatic nitrogens is 4. The Morgan fingerprint density at radius 1 is 1.06 bits per heavy atom. The van der Waals surface area contributed by atoms with E-state index in [1.54, 1.807) is 6.08 Å². The van der Waals surface area contributed by atoms with Crippen LogP contribution in [0.15, 0.2) is 71.4 Å². The van der Waals surface area contributed by atoms with Crippen LogP contribution in [0.3, 0.4) is 0 Å². The van der Waals surface area contributed by atoms with Crippen LogP contribution in [-0.4, -0.2) is 43.8 Å². The van der Waals surface area contributed by atoms with E-state index >= 15 is 0 Å². The lowest BCUT2D eigenvalue weighted by Gasteiger charge is -2.29. The summed E-state index contributed by atoms with van der Waals surface area (Å²) in [7, 11) is 0. The van der Waals surface area contributed by atoms with Gasteiger partial charge >= 0.3 is 0 Å². The van der Waals surface area contributed by atoms with Gasteiger partial charge in [-0.15, -0.1) is 0 Å². The van der Waals surface area contributed by atoms with Crippen LogP contribution in [0.2, 0.25) is 0 Å². The van der Waals surface area contributed by atoms with Crippen molar-refractivity contribution in [2.45, 2.75) is 39.2 Å². The fourth-order valence-electron chi connectivity index (χ4n) is 4.44. The number of hydrogen-bond acceptors (Lipinski definition) is 5. The normalized spacial score (nSPS) is 14.6. The highest BCUT2D eigenvalue weighted by atomic mass is 16.5. The van der Waals surface area contributed by atoms with Crippen molar-refractivity contribution in [2.24, 2.45) is 0 Å². The molecule has 7 nitrogen and oxygen atoms in total. The molecule has 2 aromatic carbocycles. The topological polar surface area (TPSA) is 77.1 Å². The molecule has 0 radical (unpaired) electrons. The molecule has 0 atom stereocenters. The Kier molecular flexibility index (Phi) is 6.57. The van der Waals surface area contributed by atoms with Crippen LogP contribution >= 0.6 is 0 Å². The van der Waals surface area contributed by atoms with Crippen molar-refractivity contribution in [1.82, 2.24) is 24.8 Å². The Morgan fingerprint density at radius 2 is 1.80 bits per heavy atom. The van der Waals surface area contributed by atoms with Crippen molar-refractivity contribution < 1.29 is 9.32 Å². The van der Waals surface area contributed by atoms with E-state index in [-0.39, 0.29) is 11.8 Å². The second-order valence-corrected chi connectivity index (χ2v) is 9.09. The monoisotopic (exact) mass is 467 g/mol. The van der Waals surface area contributed by atoms with Gasteiger partial charge in [0.1, 0.15) is 0 Å². The zero-order valence-electron chi connectivity index (χ0n) is 20.1. The minimum Gasteiger partial charge on any atom is -0.339 e. The van der Waals surface area contributed by atoms with Gasteiger partial charge in [-0.3, -0.25) is 9.48 Å². The summed E-state index contributed by atoms with van der Waals surface area (Å²) in [4.78, 5) is 19.2. The van der Waals surface area contributed by atoms with Gasteiger partial charge in [0.2, 0.25) is 11.8 Å². The van der Waals surface area contributed by atoms with Crippen LogP contribution in [0.1, 0.15) is 47.2 Å². The van der Waals surface area contributed by atoms with E-state index in [9.17, 15) is 4.79 Å². The van der Waals surface area contributed by atoms with Crippen molar-refractivity contribution in [3.8, 4) is 11.3 Å². The number of nitrogens with zero attached hydrogens (tertiary/aromatic N) is 5. The molecule has 3 heterocycles. The van der Waals surface area contributed by atoms with Gasteiger partial charge in [-0.2, -0.15) is 10.1 Å². The van der Waals surface area contributed by atoms with Crippen molar-refractivity contribution in [2.75, 3.05) is 13.1 Å². The highest BCUT2D eigenvalue weighted by molar-refractivity contribution is 5.93. The number of likely N-dealkylation sites (tertiary alicyclic amines) is 1. The minimum absolute atomic E-state index is 0.0100. The lowest BCUT2D eigenvalue weighted by molar-refractivity contribution is -0.127. The molecule has 1 aliphatic heterocycles. The SMILES string of the molecule is Cc1ccc(-c2nn(Cc3ccccc3)cc2C=CC(=O)N2CCC(c3nc(C)no3)CC2)cc1. The number of amides is 1. The first kappa shape index (κ1) is 22.8. The zero-order chi connectivity index (χ0) is 24.2. The van der Waals surface area contributed by atoms with Crippen molar-refractivity contribution in [3.05, 3.63) is 95.3 Å². The zero-order valence-corrected chi connectivity index (χ0v) is 20.1. The summed E-state index contributed by atoms with van der Waals surface area (Å²) in [6.45, 7) is 5.91. The highest BCUT2D eigenvalue weighted by Crippen LogP contribution is 2.28. The predicted molar refractivity (Wildman–Crippen MR) is 135 cm³/mol. The number of benzene rings is 2. The first-order valence-corrected chi connectivity index (χ1v) is 12.0. The van der Waals surface area contributed by atoms with Crippen molar-refractivity contribution in [1.29, 1.82) is 0 Å². The molecule has 0 unspecified atom stereocenters. The molecule has 1 aliphatic rings. The van der Waals surface area contributed by atoms with E-state index in [2.05, 4.69) is 53.5 Å². The van der Waals surface area contributed by atoms with Gasteiger partial charge in [0.25, 0.3) is 0 Å². The summed E-state index contributed by atoms with van der Waals surface area (Å²) in [6.07, 6.45) is 7.21. The average Bonchev–Trinajstić information content (AvgIpc) is 3.50. The molecule has 7 heteroatoms. The van der Waals surface area contributed by atoms with Gasteiger partial charge < -0.3 is 9.42 Å². The Morgan fingerprint density at radius 3 is 2.49 bits per heavy atom. The number of carbonyl (C=O) groups excluding carboxylic acids is 1. The molecule has 5 rings (SSSR count). The standard InChI is InChI=1S/C28H29N5O2/c1-20-8-10-23(11-9-20)27-25(19-33(30-27)18-22-6-4-3-5-7-22)12-13-26(34)32-16-14-24(15-17-32)28-29-21(2)31-35-28/h3-13,19,24H,14-18H2,1-2H3. The molecule has 4 aromatic rings. The Bertz CT molecular complexity index is 1310. The van der Waals surface area contributed by atoms with E-state index in [1.807, 2.05) is 47.0 Å². The highest BCUT2D eigenvalue weighted by Gasteiger charge is 2.26. The van der Waals surface area contributed by atoms with Gasteiger partial charge in [-0.25, -0.2) is 0 Å². The van der Waals surface area contributed by atoms with E-state index in [4.69, 9.17) is 9.62 Å². The molecular weight excluding hydrogens is 438 g/mol. The Hall–Kier alpha value is -4.00. The molecular formula is C28H29N5O2. The third-order valence-electron chi connectivity index (χ3n) is 6.41. The molecule has 178 valence electrons. The summed E-state index contributed by atoms with van der Waals surface area (Å²) in [5.41, 5.74) is 5.20. The molecule has 0 saturated carbocycles. The average molecular weight is 468 g/mol. The van der Waals surface area contributed by atoms with Crippen LogP contribution in [0.5, 0.6) is 0 Å². The van der Waals surface area contributed by atoms with Gasteiger partial charge in [-0.1, -0.05) is 65.3 Å². The maximum absolute atomic E-state index is 13.0. The molecule has 35 heavy (non-hydrogen) atoms. The lowest BCUT2D eigenvalue weighted by Crippen LogP contribution is -2.36. The Balaban J connectivity index is 1.32. The first-order valence-electron chi connectivity index (χ1n) is 12.0. The summed E-state index contributed by atoms with van der Waals surface area (Å²) in [6, 6.07) is 18.6. The largest absolute Gasteiger partial charge is 0.339 e. The lowest BCUT2D eigenvalue weighted by atomic mass is 9.96. The van der Waals surface area contributed by atoms with Crippen LogP contribution in [0.4, 0.5) is 0 Å². The molecule has 1 saturated heterocycles. The third-order valence-corrected chi connectivity index (χ3v) is 6.41. The Labute approximate surface area is 205 Å². The quantitative estimate of drug-likeness (QED) is 0.372. The van der Waals surface area contributed by atoms with E-state index < -0.39 is 0 Å². The van der Waals surface area contributed by atoms with Crippen LogP contribution in [0, 0.1) is 13.8 Å². The van der Waals surface area contributed by atoms with Gasteiger partial charge in [0.15, 0.2) is 5.82 Å². The van der Waals surface area contributed by atoms with E-state index in [1.165, 1.54) is 11.1 Å². The van der Waals surface area contributed by atoms with Gasteiger partial charge in [-0.05, 0) is 38.3 Å². The summed E-state index contributed by atoms with van der Waals surface area (Å²) in [5.74, 6) is 1.56. The molecule has 0 bridgehead atoms. The summed E-state index contributed by atoms with van der Waals surface area (Å²) >= 11 is 0. The van der Waals surface area contributed by atoms with E-state index in [0.717, 1.165) is 29.7 Å². The van der Waals surface area contributed by atoms with E-state index in [0.29, 0.717) is 31.3 Å². The summed E-state index contributed by atoms with van der Waals surface area (Å²) < 4.78 is 7.26. The molecule has 0 spiro atoms. The third kappa shape index (κ3) is 5.40. The van der Waals surface area contributed by atoms with Crippen LogP contribution < -0.4 is 0 Å². The number of hydrogen-bond donors (Lipinski definition) is 0. The number of piperidine rings is 1. The fraction of sp³-hybridized carbons (Fsp3) is 0.286. The second-order valence-electron chi connectivity index (χ2n) is 9.09. The number of carbonyl (C=O) groups is 1. The second kappa shape index (κ2) is 10.1. The number of rotatable bonds is 6. The van der Waals surface area contributed by atoms with Gasteiger partial charge in [0.05, 0.1) is 12.2 Å².